The average Bonchev–Trinajstić information content (AvgIpc) is 3.17. The van der Waals surface area contributed by atoms with E-state index in [1.807, 2.05) is 63.2 Å². The molecule has 1 aromatic heterocycles. The minimum Gasteiger partial charge on any atom is -0.282 e. The Morgan fingerprint density at radius 3 is 2.31 bits per heavy atom. The Hall–Kier alpha value is -3.21. The summed E-state index contributed by atoms with van der Waals surface area (Å²) in [6.07, 6.45) is 0. The smallest absolute Gasteiger partial charge is 0.282 e. The van der Waals surface area contributed by atoms with E-state index in [-0.39, 0.29) is 11.8 Å². The summed E-state index contributed by atoms with van der Waals surface area (Å²) in [7, 11) is 0. The monoisotopic (exact) mass is 346 g/mol. The first-order chi connectivity index (χ1) is 12.5. The minimum absolute atomic E-state index is 0.289. The molecule has 0 radical (unpaired) electrons. The van der Waals surface area contributed by atoms with Gasteiger partial charge in [-0.25, -0.2) is 5.43 Å². The van der Waals surface area contributed by atoms with Crippen molar-refractivity contribution in [1.82, 2.24) is 15.6 Å². The van der Waals surface area contributed by atoms with Crippen molar-refractivity contribution in [2.45, 2.75) is 26.7 Å². The van der Waals surface area contributed by atoms with Crippen LogP contribution in [-0.2, 0) is 0 Å². The third kappa shape index (κ3) is 4.06. The van der Waals surface area contributed by atoms with Crippen molar-refractivity contribution in [2.24, 2.45) is 5.10 Å². The number of H-pyrrole nitrogens is 1. The molecule has 26 heavy (non-hydrogen) atoms. The van der Waals surface area contributed by atoms with Crippen LogP contribution in [0.5, 0.6) is 0 Å². The highest BCUT2D eigenvalue weighted by molar-refractivity contribution is 6.00. The summed E-state index contributed by atoms with van der Waals surface area (Å²) in [4.78, 5) is 12.2. The lowest BCUT2D eigenvalue weighted by Crippen LogP contribution is -2.19. The second kappa shape index (κ2) is 7.78. The fourth-order valence-corrected chi connectivity index (χ4v) is 2.54. The maximum absolute atomic E-state index is 12.2. The summed E-state index contributed by atoms with van der Waals surface area (Å²) in [6.45, 7) is 5.94. The van der Waals surface area contributed by atoms with Crippen molar-refractivity contribution in [3.8, 4) is 11.1 Å². The lowest BCUT2D eigenvalue weighted by molar-refractivity contribution is 0.0950. The number of carbonyl (C=O) groups is 1. The first-order valence-corrected chi connectivity index (χ1v) is 8.60. The number of aromatic amines is 1. The van der Waals surface area contributed by atoms with Crippen LogP contribution in [0.15, 0.2) is 65.8 Å². The van der Waals surface area contributed by atoms with Crippen molar-refractivity contribution in [2.75, 3.05) is 0 Å². The first kappa shape index (κ1) is 17.6. The summed E-state index contributed by atoms with van der Waals surface area (Å²) >= 11 is 0. The molecule has 0 bridgehead atoms. The number of hydrogen-bond donors (Lipinski definition) is 2. The van der Waals surface area contributed by atoms with Crippen molar-refractivity contribution in [1.29, 1.82) is 0 Å². The molecule has 0 saturated carbocycles. The molecule has 2 aromatic carbocycles. The van der Waals surface area contributed by atoms with Crippen LogP contribution in [0.3, 0.4) is 0 Å². The van der Waals surface area contributed by atoms with Crippen molar-refractivity contribution < 1.29 is 4.79 Å². The fraction of sp³-hybridized carbons (Fsp3) is 0.190. The van der Waals surface area contributed by atoms with Crippen LogP contribution in [0.25, 0.3) is 11.1 Å². The maximum atomic E-state index is 12.2. The zero-order chi connectivity index (χ0) is 18.5. The second-order valence-corrected chi connectivity index (χ2v) is 6.44. The summed E-state index contributed by atoms with van der Waals surface area (Å²) in [6, 6.07) is 20.0. The topological polar surface area (TPSA) is 70.1 Å². The summed E-state index contributed by atoms with van der Waals surface area (Å²) in [5, 5.41) is 11.1. The zero-order valence-corrected chi connectivity index (χ0v) is 15.2. The lowest BCUT2D eigenvalue weighted by Gasteiger charge is -2.05. The third-order valence-electron chi connectivity index (χ3n) is 4.19. The highest BCUT2D eigenvalue weighted by Gasteiger charge is 2.11. The number of carbonyl (C=O) groups excluding carboxylic acids is 1. The van der Waals surface area contributed by atoms with Crippen LogP contribution in [0.4, 0.5) is 0 Å². The van der Waals surface area contributed by atoms with Crippen LogP contribution in [0.1, 0.15) is 48.4 Å². The van der Waals surface area contributed by atoms with E-state index in [0.717, 1.165) is 22.5 Å². The number of nitrogens with zero attached hydrogens (tertiary/aromatic N) is 2. The van der Waals surface area contributed by atoms with Gasteiger partial charge in [-0.1, -0.05) is 68.4 Å². The normalized spacial score (nSPS) is 11.6. The van der Waals surface area contributed by atoms with E-state index in [1.54, 1.807) is 6.07 Å². The van der Waals surface area contributed by atoms with Gasteiger partial charge in [-0.3, -0.25) is 9.89 Å². The van der Waals surface area contributed by atoms with Gasteiger partial charge in [-0.05, 0) is 35.6 Å². The molecule has 1 heterocycles. The van der Waals surface area contributed by atoms with E-state index in [0.29, 0.717) is 5.69 Å². The number of hydrogen-bond acceptors (Lipinski definition) is 3. The highest BCUT2D eigenvalue weighted by Crippen LogP contribution is 2.19. The van der Waals surface area contributed by atoms with E-state index in [2.05, 4.69) is 32.9 Å². The fourth-order valence-electron chi connectivity index (χ4n) is 2.54. The number of benzene rings is 2. The molecule has 3 rings (SSSR count). The highest BCUT2D eigenvalue weighted by atomic mass is 16.2. The van der Waals surface area contributed by atoms with Gasteiger partial charge in [0.1, 0.15) is 0 Å². The van der Waals surface area contributed by atoms with E-state index in [9.17, 15) is 4.79 Å². The molecule has 0 aliphatic carbocycles. The number of amides is 1. The standard InChI is InChI=1S/C21H22N4O/c1-14(2)19-13-20(24-23-19)21(26)25-22-15(3)16-9-11-18(12-10-16)17-7-5-4-6-8-17/h4-14H,1-3H3,(H,23,24)(H,25,26). The van der Waals surface area contributed by atoms with Crippen LogP contribution < -0.4 is 5.43 Å². The molecule has 0 aliphatic rings. The van der Waals surface area contributed by atoms with Crippen molar-refractivity contribution in [3.05, 3.63) is 77.6 Å². The number of hydrazone groups is 1. The summed E-state index contributed by atoms with van der Waals surface area (Å²) in [5.74, 6) is -0.0363. The van der Waals surface area contributed by atoms with Crippen molar-refractivity contribution >= 4 is 11.6 Å². The third-order valence-corrected chi connectivity index (χ3v) is 4.19. The maximum Gasteiger partial charge on any atom is 0.291 e. The van der Waals surface area contributed by atoms with E-state index in [4.69, 9.17) is 0 Å². The summed E-state index contributed by atoms with van der Waals surface area (Å²) in [5.41, 5.74) is 7.82. The van der Waals surface area contributed by atoms with E-state index in [1.165, 1.54) is 5.56 Å². The largest absolute Gasteiger partial charge is 0.291 e. The lowest BCUT2D eigenvalue weighted by atomic mass is 10.0. The summed E-state index contributed by atoms with van der Waals surface area (Å²) < 4.78 is 0. The Morgan fingerprint density at radius 2 is 1.69 bits per heavy atom. The van der Waals surface area contributed by atoms with E-state index >= 15 is 0 Å². The van der Waals surface area contributed by atoms with Gasteiger partial charge in [0.2, 0.25) is 0 Å². The molecule has 3 aromatic rings. The molecule has 0 fully saturated rings. The van der Waals surface area contributed by atoms with Gasteiger partial charge in [0.05, 0.1) is 5.71 Å². The molecular weight excluding hydrogens is 324 g/mol. The van der Waals surface area contributed by atoms with Gasteiger partial charge in [0, 0.05) is 5.69 Å². The molecule has 5 nitrogen and oxygen atoms in total. The Morgan fingerprint density at radius 1 is 1.04 bits per heavy atom. The van der Waals surface area contributed by atoms with Gasteiger partial charge in [0.15, 0.2) is 5.69 Å². The quantitative estimate of drug-likeness (QED) is 0.532. The first-order valence-electron chi connectivity index (χ1n) is 8.60. The van der Waals surface area contributed by atoms with Gasteiger partial charge in [-0.15, -0.1) is 0 Å². The van der Waals surface area contributed by atoms with Crippen LogP contribution in [0, 0.1) is 0 Å². The Bertz CT molecular complexity index is 909. The van der Waals surface area contributed by atoms with Gasteiger partial charge >= 0.3 is 0 Å². The van der Waals surface area contributed by atoms with Gasteiger partial charge in [-0.2, -0.15) is 10.2 Å². The van der Waals surface area contributed by atoms with E-state index < -0.39 is 0 Å². The Kier molecular flexibility index (Phi) is 5.27. The van der Waals surface area contributed by atoms with Gasteiger partial charge < -0.3 is 0 Å². The molecule has 1 amide bonds. The van der Waals surface area contributed by atoms with Gasteiger partial charge in [0.25, 0.3) is 5.91 Å². The predicted octanol–water partition coefficient (Wildman–Crippen LogP) is 4.35. The molecule has 0 aliphatic heterocycles. The molecular formula is C21H22N4O. The molecule has 5 heteroatoms. The number of nitrogens with one attached hydrogen (secondary N) is 2. The minimum atomic E-state index is -0.326. The Labute approximate surface area is 153 Å². The molecule has 132 valence electrons. The van der Waals surface area contributed by atoms with Crippen molar-refractivity contribution in [3.63, 3.8) is 0 Å². The van der Waals surface area contributed by atoms with Crippen LogP contribution in [-0.4, -0.2) is 21.8 Å². The average molecular weight is 346 g/mol. The second-order valence-electron chi connectivity index (χ2n) is 6.44. The van der Waals surface area contributed by atoms with Crippen LogP contribution in [0.2, 0.25) is 0 Å². The molecule has 2 N–H and O–H groups in total. The number of rotatable bonds is 5. The van der Waals surface area contributed by atoms with Crippen LogP contribution >= 0.6 is 0 Å². The molecule has 0 saturated heterocycles. The number of aromatic nitrogens is 2. The SMILES string of the molecule is CC(=NNC(=O)c1cc(C(C)C)[nH]n1)c1ccc(-c2ccccc2)cc1. The molecule has 0 atom stereocenters. The predicted molar refractivity (Wildman–Crippen MR) is 104 cm³/mol. The zero-order valence-electron chi connectivity index (χ0n) is 15.2. The molecule has 0 spiro atoms. The Balaban J connectivity index is 1.68. The molecule has 0 unspecified atom stereocenters.